The second kappa shape index (κ2) is 34.9. The summed E-state index contributed by atoms with van der Waals surface area (Å²) in [4.78, 5) is 60.5. The highest BCUT2D eigenvalue weighted by molar-refractivity contribution is 9.11. The third-order valence-corrected chi connectivity index (χ3v) is 25.3. The van der Waals surface area contributed by atoms with E-state index in [1.165, 1.54) is 31.1 Å². The zero-order valence-corrected chi connectivity index (χ0v) is 77.1. The van der Waals surface area contributed by atoms with E-state index in [0.717, 1.165) is 156 Å². The highest BCUT2D eigenvalue weighted by Gasteiger charge is 2.52. The molecule has 9 aromatic heterocycles. The van der Waals surface area contributed by atoms with Gasteiger partial charge in [0.05, 0.1) is 85.3 Å². The molecule has 0 saturated carbocycles. The second-order valence-corrected chi connectivity index (χ2v) is 39.3. The lowest BCUT2D eigenvalue weighted by molar-refractivity contribution is -0.576. The molecule has 0 aliphatic carbocycles. The van der Waals surface area contributed by atoms with Gasteiger partial charge < -0.3 is 43.1 Å². The number of carbonyl (C=O) groups is 3. The average molecular weight is 1800 g/mol. The van der Waals surface area contributed by atoms with Gasteiger partial charge in [0, 0.05) is 118 Å². The Hall–Kier alpha value is -9.32. The second-order valence-electron chi connectivity index (χ2n) is 33.7. The van der Waals surface area contributed by atoms with Gasteiger partial charge >= 0.3 is 25.0 Å². The maximum atomic E-state index is 13.1. The summed E-state index contributed by atoms with van der Waals surface area (Å²) in [6, 6.07) is 39.1. The van der Waals surface area contributed by atoms with Gasteiger partial charge in [0.2, 0.25) is 23.4 Å². The van der Waals surface area contributed by atoms with Crippen LogP contribution in [0.1, 0.15) is 158 Å². The molecule has 120 heavy (non-hydrogen) atoms. The van der Waals surface area contributed by atoms with Crippen molar-refractivity contribution in [3.63, 3.8) is 0 Å². The Morgan fingerprint density at radius 1 is 0.492 bits per heavy atom. The summed E-state index contributed by atoms with van der Waals surface area (Å²) < 4.78 is 48.6. The van der Waals surface area contributed by atoms with Crippen LogP contribution in [0.25, 0.3) is 107 Å². The molecule has 622 valence electrons. The minimum Gasteiger partial charge on any atom is -0.479 e. The van der Waals surface area contributed by atoms with Gasteiger partial charge in [-0.05, 0) is 247 Å². The van der Waals surface area contributed by atoms with Crippen molar-refractivity contribution < 1.29 is 61.5 Å². The summed E-state index contributed by atoms with van der Waals surface area (Å²) in [6.07, 6.45) is 8.82. The number of aliphatic carboxylic acids is 1. The van der Waals surface area contributed by atoms with E-state index in [-0.39, 0.29) is 18.3 Å². The number of ether oxygens (including phenoxy) is 5. The number of pyridine rings is 3. The first kappa shape index (κ1) is 88.5. The number of nitrogens with zero attached hydrogens (tertiary/aromatic N) is 6. The maximum Gasteiger partial charge on any atom is 0.496 e. The summed E-state index contributed by atoms with van der Waals surface area (Å²) in [7, 11) is 2.41. The molecule has 16 rings (SSSR count). The van der Waals surface area contributed by atoms with E-state index in [2.05, 4.69) is 114 Å². The van der Waals surface area contributed by atoms with E-state index in [1.54, 1.807) is 22.7 Å². The smallest absolute Gasteiger partial charge is 0.479 e. The average Bonchev–Trinajstić information content (AvgIpc) is 1.54. The van der Waals surface area contributed by atoms with Crippen molar-refractivity contribution in [3.8, 4) is 54.5 Å². The zero-order valence-electron chi connectivity index (χ0n) is 70.8. The van der Waals surface area contributed by atoms with E-state index in [4.69, 9.17) is 77.8 Å². The minimum absolute atomic E-state index is 0.320. The number of carbonyl (C=O) groups excluding carboxylic acids is 2. The highest BCUT2D eigenvalue weighted by atomic mass is 79.9. The molecule has 3 atom stereocenters. The number of H-pyrrole nitrogens is 3. The molecule has 0 radical (unpaired) electrons. The maximum absolute atomic E-state index is 13.1. The standard InChI is InChI=1S/C29H28ClN3O3S.C28H26ClN3O3S.C21H21BrClNO3S.C14H19BN2O2/c1-16-13-21-26(37-27(32-21)19-11-12-33-22(14-19)17(2)15-31-33)24(18-7-9-20(30)10-8-18)23(16)25(28(34)35-6)36-29(3,4)5;1-15-12-20-25(36-26(31-20)18-10-11-32-21(13-18)16(2)14-30-32)23(17-6-8-19(29)9-7-17)22(15)24(27(33)34)35-28(3,4)5;1-11-10-14-18(28-20(22)24-14)16(12-6-8-13(23)9-7-12)15(11)17(19(25)26-5)27-21(2,3)4;1-9-7-16-12-11(9)6-10(8-17-12)15-18-13(2,3)14(4,5)19-15/h7-15,25H,1-6H3;6-14,24H,1-5H3,(H,33,34);6-10,17H,1-5H3;6-8H,1-5H3,(H,16,17)/p+2/t25-;24-;17-;/m000./s1. The largest absolute Gasteiger partial charge is 0.496 e. The Balaban J connectivity index is 0.000000142. The number of benzene rings is 6. The van der Waals surface area contributed by atoms with Crippen LogP contribution in [0.4, 0.5) is 0 Å². The summed E-state index contributed by atoms with van der Waals surface area (Å²) in [6.45, 7) is 37.4. The van der Waals surface area contributed by atoms with Crippen LogP contribution in [0.15, 0.2) is 162 Å². The number of hydrogen-bond acceptors (Lipinski definition) is 17. The minimum atomic E-state index is -1.14. The van der Waals surface area contributed by atoms with Crippen molar-refractivity contribution in [1.82, 2.24) is 35.1 Å². The molecule has 0 unspecified atom stereocenters. The Bertz CT molecular complexity index is 6380. The zero-order chi connectivity index (χ0) is 86.7. The molecule has 1 aliphatic rings. The summed E-state index contributed by atoms with van der Waals surface area (Å²) in [5.41, 5.74) is 19.9. The van der Waals surface area contributed by atoms with E-state index in [0.29, 0.717) is 20.6 Å². The molecule has 28 heteroatoms. The number of carboxylic acid groups (broad SMARTS) is 1. The third kappa shape index (κ3) is 19.1. The van der Waals surface area contributed by atoms with Crippen molar-refractivity contribution in [3.05, 3.63) is 228 Å². The summed E-state index contributed by atoms with van der Waals surface area (Å²) >= 11 is 26.7. The first-order chi connectivity index (χ1) is 56.5. The van der Waals surface area contributed by atoms with Crippen LogP contribution in [0, 0.1) is 41.5 Å². The SMILES string of the molecule is COC(=O)[C@@H](OC(C)(C)C)c1c(C)cc2nc(-c3cc[n+]4[nH]cc(C)c4c3)sc2c1-c1ccc(Cl)cc1.COC(=O)[C@@H](OC(C)(C)C)c1c(C)cc2nc(Br)sc2c1-c1ccc(Cl)cc1.Cc1c[nH]c2ncc(B3OC(C)(C)C(C)(C)O3)cc12.Cc1cc2nc(-c3cc[n+]4[nH]cc(C)c4c3)sc2c(-c2ccc(Cl)cc2)c1[C@H](OC(C)(C)C)C(=O)O. The molecule has 6 aromatic carbocycles. The topological polar surface area (TPSA) is 243 Å². The molecule has 1 saturated heterocycles. The number of hydrogen-bond donors (Lipinski definition) is 4. The van der Waals surface area contributed by atoms with Gasteiger partial charge in [-0.3, -0.25) is 0 Å². The molecule has 15 aromatic rings. The quantitative estimate of drug-likeness (QED) is 0.0424. The number of fused-ring (bicyclic) bond motifs is 6. The fourth-order valence-corrected chi connectivity index (χ4v) is 18.5. The van der Waals surface area contributed by atoms with Crippen LogP contribution in [0.2, 0.25) is 15.1 Å². The third-order valence-electron chi connectivity index (χ3n) is 20.7. The van der Waals surface area contributed by atoms with Gasteiger partial charge in [0.25, 0.3) is 0 Å². The number of aromatic nitrogens is 9. The van der Waals surface area contributed by atoms with Crippen molar-refractivity contribution >= 4 is 168 Å². The molecule has 0 spiro atoms. The lowest BCUT2D eigenvalue weighted by atomic mass is 9.80. The predicted octanol–water partition coefficient (Wildman–Crippen LogP) is 22.8. The fraction of sp³-hybridized carbons (Fsp3) is 0.315. The van der Waals surface area contributed by atoms with Gasteiger partial charge in [0.15, 0.2) is 22.2 Å². The normalized spacial score (nSPS) is 14.2. The van der Waals surface area contributed by atoms with Crippen LogP contribution in [0.3, 0.4) is 0 Å². The van der Waals surface area contributed by atoms with Crippen LogP contribution in [-0.4, -0.2) is 107 Å². The fourth-order valence-electron chi connectivity index (χ4n) is 14.4. The van der Waals surface area contributed by atoms with E-state index in [9.17, 15) is 19.5 Å². The van der Waals surface area contributed by atoms with Crippen LogP contribution < -0.4 is 14.5 Å². The van der Waals surface area contributed by atoms with Gasteiger partial charge in [-0.2, -0.15) is 10.2 Å². The van der Waals surface area contributed by atoms with Crippen LogP contribution in [0.5, 0.6) is 0 Å². The summed E-state index contributed by atoms with van der Waals surface area (Å²) in [5.74, 6) is -1.91. The molecular formula is C92H96BBrCl3N9O11S3+2. The number of rotatable bonds is 15. The van der Waals surface area contributed by atoms with Crippen LogP contribution in [-0.2, 0) is 47.4 Å². The van der Waals surface area contributed by atoms with Crippen LogP contribution >= 0.6 is 84.7 Å². The van der Waals surface area contributed by atoms with E-state index >= 15 is 0 Å². The van der Waals surface area contributed by atoms with Gasteiger partial charge in [0.1, 0.15) is 15.7 Å². The molecule has 1 fully saturated rings. The number of carboxylic acids is 1. The molecule has 0 amide bonds. The first-order valence-corrected chi connectivity index (χ1v) is 43.3. The molecule has 20 nitrogen and oxygen atoms in total. The van der Waals surface area contributed by atoms with E-state index in [1.807, 2.05) is 226 Å². The first-order valence-electron chi connectivity index (χ1n) is 38.9. The Kier molecular flexibility index (Phi) is 25.7. The van der Waals surface area contributed by atoms with Crippen molar-refractivity contribution in [2.75, 3.05) is 14.2 Å². The highest BCUT2D eigenvalue weighted by Crippen LogP contribution is 2.49. The number of nitrogens with one attached hydrogen (secondary N) is 3. The number of aryl methyl sites for hydroxylation is 6. The Labute approximate surface area is 733 Å². The van der Waals surface area contributed by atoms with Gasteiger partial charge in [-0.15, -0.1) is 34.0 Å². The lowest BCUT2D eigenvalue weighted by Gasteiger charge is -2.32. The van der Waals surface area contributed by atoms with Crippen molar-refractivity contribution in [1.29, 1.82) is 0 Å². The number of esters is 2. The molecule has 4 N–H and O–H groups in total. The number of methoxy groups -OCH3 is 2. The number of aromatic amines is 3. The van der Waals surface area contributed by atoms with E-state index < -0.39 is 53.0 Å². The molecular weight excluding hydrogens is 1700 g/mol. The van der Waals surface area contributed by atoms with Crippen molar-refractivity contribution in [2.24, 2.45) is 0 Å². The Morgan fingerprint density at radius 3 is 1.23 bits per heavy atom. The lowest BCUT2D eigenvalue weighted by Crippen LogP contribution is -2.41. The van der Waals surface area contributed by atoms with Gasteiger partial charge in [-0.1, -0.05) is 80.2 Å². The number of halogens is 4. The molecule has 10 heterocycles. The molecule has 1 aliphatic heterocycles. The Morgan fingerprint density at radius 2 is 0.858 bits per heavy atom. The van der Waals surface area contributed by atoms with Gasteiger partial charge in [-0.25, -0.2) is 34.3 Å². The molecule has 0 bridgehead atoms. The monoisotopic (exact) mass is 1790 g/mol. The number of thiazole rings is 3. The summed E-state index contributed by atoms with van der Waals surface area (Å²) in [5, 5.41) is 21.4. The predicted molar refractivity (Wildman–Crippen MR) is 486 cm³/mol. The van der Waals surface area contributed by atoms with Crippen molar-refractivity contribution in [2.45, 2.75) is 178 Å².